The molecule has 0 unspecified atom stereocenters. The second-order valence-electron chi connectivity index (χ2n) is 5.66. The summed E-state index contributed by atoms with van der Waals surface area (Å²) in [7, 11) is 1.90. The number of rotatable bonds is 13. The number of aromatic nitrogens is 1. The molecule has 1 aromatic carbocycles. The van der Waals surface area contributed by atoms with Crippen LogP contribution in [0.2, 0.25) is 0 Å². The van der Waals surface area contributed by atoms with E-state index in [1.54, 1.807) is 6.20 Å². The number of anilines is 1. The molecule has 0 spiro atoms. The van der Waals surface area contributed by atoms with E-state index < -0.39 is 0 Å². The van der Waals surface area contributed by atoms with Gasteiger partial charge in [-0.25, -0.2) is 4.98 Å². The number of nitrogens with zero attached hydrogens (tertiary/aromatic N) is 4. The molecule has 0 fully saturated rings. The van der Waals surface area contributed by atoms with E-state index in [2.05, 4.69) is 32.5 Å². The van der Waals surface area contributed by atoms with Gasteiger partial charge >= 0.3 is 0 Å². The Morgan fingerprint density at radius 3 is 2.32 bits per heavy atom. The first-order valence-electron chi connectivity index (χ1n) is 9.03. The molecule has 28 heavy (non-hydrogen) atoms. The SMILES string of the molecule is CNc1ccc(/C=C/c2ccc(OCCOCCOCCN=[N+]=[N-])nc2)cc1. The molecule has 0 saturated carbocycles. The first kappa shape index (κ1) is 21.2. The fraction of sp³-hybridized carbons (Fsp3) is 0.350. The monoisotopic (exact) mass is 383 g/mol. The van der Waals surface area contributed by atoms with Gasteiger partial charge in [-0.1, -0.05) is 29.4 Å². The van der Waals surface area contributed by atoms with E-state index in [9.17, 15) is 0 Å². The second kappa shape index (κ2) is 13.2. The first-order chi connectivity index (χ1) is 13.8. The van der Waals surface area contributed by atoms with Gasteiger partial charge in [-0.3, -0.25) is 0 Å². The zero-order chi connectivity index (χ0) is 19.9. The molecule has 0 atom stereocenters. The van der Waals surface area contributed by atoms with Crippen molar-refractivity contribution in [2.24, 2.45) is 5.11 Å². The largest absolute Gasteiger partial charge is 0.475 e. The van der Waals surface area contributed by atoms with Gasteiger partial charge in [0.2, 0.25) is 5.88 Å². The van der Waals surface area contributed by atoms with Gasteiger partial charge in [0.05, 0.1) is 26.4 Å². The van der Waals surface area contributed by atoms with Crippen molar-refractivity contribution in [2.75, 3.05) is 51.9 Å². The fourth-order valence-electron chi connectivity index (χ4n) is 2.21. The summed E-state index contributed by atoms with van der Waals surface area (Å²) in [6.07, 6.45) is 5.82. The first-order valence-corrected chi connectivity index (χ1v) is 9.03. The molecule has 1 heterocycles. The number of nitrogens with one attached hydrogen (secondary N) is 1. The van der Waals surface area contributed by atoms with Crippen LogP contribution >= 0.6 is 0 Å². The normalized spacial score (nSPS) is 10.6. The van der Waals surface area contributed by atoms with E-state index in [0.29, 0.717) is 45.5 Å². The summed E-state index contributed by atoms with van der Waals surface area (Å²) < 4.78 is 16.2. The summed E-state index contributed by atoms with van der Waals surface area (Å²) in [4.78, 5) is 6.93. The number of ether oxygens (including phenoxy) is 3. The highest BCUT2D eigenvalue weighted by Crippen LogP contribution is 2.13. The van der Waals surface area contributed by atoms with Crippen LogP contribution in [0.5, 0.6) is 5.88 Å². The molecule has 2 aromatic rings. The number of hydrogen-bond donors (Lipinski definition) is 1. The van der Waals surface area contributed by atoms with Crippen LogP contribution in [0.4, 0.5) is 5.69 Å². The Morgan fingerprint density at radius 1 is 0.964 bits per heavy atom. The molecule has 8 heteroatoms. The van der Waals surface area contributed by atoms with E-state index >= 15 is 0 Å². The van der Waals surface area contributed by atoms with Crippen LogP contribution in [-0.4, -0.2) is 51.6 Å². The third kappa shape index (κ3) is 8.55. The predicted molar refractivity (Wildman–Crippen MR) is 110 cm³/mol. The lowest BCUT2D eigenvalue weighted by atomic mass is 10.1. The van der Waals surface area contributed by atoms with Crippen molar-refractivity contribution in [3.63, 3.8) is 0 Å². The lowest BCUT2D eigenvalue weighted by Crippen LogP contribution is -2.12. The zero-order valence-corrected chi connectivity index (χ0v) is 16.0. The molecule has 0 amide bonds. The maximum atomic E-state index is 8.12. The minimum absolute atomic E-state index is 0.332. The van der Waals surface area contributed by atoms with Crippen LogP contribution < -0.4 is 10.1 Å². The number of azide groups is 1. The maximum Gasteiger partial charge on any atom is 0.213 e. The van der Waals surface area contributed by atoms with Crippen LogP contribution in [0.15, 0.2) is 47.7 Å². The van der Waals surface area contributed by atoms with Crippen LogP contribution in [0, 0.1) is 0 Å². The topological polar surface area (TPSA) is 101 Å². The van der Waals surface area contributed by atoms with Gasteiger partial charge in [0.15, 0.2) is 0 Å². The molecule has 0 bridgehead atoms. The second-order valence-corrected chi connectivity index (χ2v) is 5.66. The minimum atomic E-state index is 0.332. The summed E-state index contributed by atoms with van der Waals surface area (Å²) in [6, 6.07) is 12.0. The summed E-state index contributed by atoms with van der Waals surface area (Å²) >= 11 is 0. The fourth-order valence-corrected chi connectivity index (χ4v) is 2.21. The van der Waals surface area contributed by atoms with Gasteiger partial charge in [-0.2, -0.15) is 0 Å². The molecule has 0 aliphatic carbocycles. The Bertz CT molecular complexity index is 756. The molecule has 0 saturated heterocycles. The van der Waals surface area contributed by atoms with Gasteiger partial charge in [0.1, 0.15) is 6.61 Å². The third-order valence-corrected chi connectivity index (χ3v) is 3.68. The molecule has 1 N–H and O–H groups in total. The summed E-state index contributed by atoms with van der Waals surface area (Å²) in [5.74, 6) is 0.560. The number of pyridine rings is 1. The van der Waals surface area contributed by atoms with E-state index in [-0.39, 0.29) is 0 Å². The summed E-state index contributed by atoms with van der Waals surface area (Å²) in [5, 5.41) is 6.47. The zero-order valence-electron chi connectivity index (χ0n) is 16.0. The van der Waals surface area contributed by atoms with Crippen LogP contribution in [0.3, 0.4) is 0 Å². The van der Waals surface area contributed by atoms with Crippen molar-refractivity contribution in [1.29, 1.82) is 0 Å². The van der Waals surface area contributed by atoms with E-state index in [1.807, 2.05) is 43.5 Å². The standard InChI is InChI=1S/C20H25N5O3/c1-22-19-7-4-17(5-8-19)2-3-18-6-9-20(23-16-18)28-15-14-27-13-12-26-11-10-24-25-21/h2-9,16,22H,10-15H2,1H3/b3-2+. The lowest BCUT2D eigenvalue weighted by Gasteiger charge is -2.07. The molecular formula is C20H25N5O3. The van der Waals surface area contributed by atoms with Crippen LogP contribution in [0.25, 0.3) is 22.6 Å². The molecule has 0 aliphatic heterocycles. The van der Waals surface area contributed by atoms with Crippen LogP contribution in [0.1, 0.15) is 11.1 Å². The summed E-state index contributed by atoms with van der Waals surface area (Å²) in [5.41, 5.74) is 11.3. The van der Waals surface area contributed by atoms with Crippen molar-refractivity contribution in [2.45, 2.75) is 0 Å². The van der Waals surface area contributed by atoms with Crippen molar-refractivity contribution in [1.82, 2.24) is 4.98 Å². The van der Waals surface area contributed by atoms with Gasteiger partial charge in [0.25, 0.3) is 0 Å². The van der Waals surface area contributed by atoms with E-state index in [0.717, 1.165) is 16.8 Å². The Labute approximate surface area is 164 Å². The van der Waals surface area contributed by atoms with Crippen molar-refractivity contribution >= 4 is 17.8 Å². The van der Waals surface area contributed by atoms with Crippen LogP contribution in [-0.2, 0) is 9.47 Å². The molecule has 0 aliphatic rings. The Kier molecular flexibility index (Phi) is 9.98. The van der Waals surface area contributed by atoms with Crippen molar-refractivity contribution in [3.8, 4) is 5.88 Å². The Hall–Kier alpha value is -3.06. The Morgan fingerprint density at radius 2 is 1.64 bits per heavy atom. The number of hydrogen-bond acceptors (Lipinski definition) is 6. The highest BCUT2D eigenvalue weighted by Gasteiger charge is 1.97. The molecule has 2 rings (SSSR count). The molecule has 1 aromatic heterocycles. The van der Waals surface area contributed by atoms with Gasteiger partial charge in [0, 0.05) is 36.5 Å². The smallest absolute Gasteiger partial charge is 0.213 e. The van der Waals surface area contributed by atoms with Crippen molar-refractivity contribution < 1.29 is 14.2 Å². The van der Waals surface area contributed by atoms with Gasteiger partial charge in [-0.05, 0) is 34.9 Å². The molecule has 0 radical (unpaired) electrons. The highest BCUT2D eigenvalue weighted by atomic mass is 16.5. The average molecular weight is 383 g/mol. The predicted octanol–water partition coefficient (Wildman–Crippen LogP) is 4.02. The quantitative estimate of drug-likeness (QED) is 0.244. The third-order valence-electron chi connectivity index (χ3n) is 3.68. The Balaban J connectivity index is 1.61. The van der Waals surface area contributed by atoms with Crippen molar-refractivity contribution in [3.05, 3.63) is 64.2 Å². The van der Waals surface area contributed by atoms with E-state index in [1.165, 1.54) is 0 Å². The average Bonchev–Trinajstić information content (AvgIpc) is 2.75. The lowest BCUT2D eigenvalue weighted by molar-refractivity contribution is 0.0383. The number of benzene rings is 1. The van der Waals surface area contributed by atoms with E-state index in [4.69, 9.17) is 19.7 Å². The molecule has 148 valence electrons. The summed E-state index contributed by atoms with van der Waals surface area (Å²) in [6.45, 7) is 2.52. The van der Waals surface area contributed by atoms with Gasteiger partial charge in [-0.15, -0.1) is 0 Å². The molecular weight excluding hydrogens is 358 g/mol. The molecule has 8 nitrogen and oxygen atoms in total. The maximum absolute atomic E-state index is 8.12. The van der Waals surface area contributed by atoms with Gasteiger partial charge < -0.3 is 19.5 Å². The minimum Gasteiger partial charge on any atom is -0.475 e. The highest BCUT2D eigenvalue weighted by molar-refractivity contribution is 5.70.